The largest absolute Gasteiger partial charge is 0.352 e. The fourth-order valence-electron chi connectivity index (χ4n) is 2.28. The fraction of sp³-hybridized carbons (Fsp3) is 0.500. The van der Waals surface area contributed by atoms with E-state index in [1.54, 1.807) is 0 Å². The first-order valence-electron chi connectivity index (χ1n) is 6.45. The number of halogens is 2. The SMILES string of the molecule is Cc1cccc(C(=O)NCC[C@H]2CCCN2)c1I.Cl. The Balaban J connectivity index is 0.00000180. The van der Waals surface area contributed by atoms with Crippen LogP contribution in [-0.2, 0) is 0 Å². The Hall–Kier alpha value is -0.330. The molecule has 1 aromatic carbocycles. The topological polar surface area (TPSA) is 41.1 Å². The first kappa shape index (κ1) is 16.7. The smallest absolute Gasteiger partial charge is 0.252 e. The molecule has 0 saturated carbocycles. The Labute approximate surface area is 134 Å². The molecule has 1 aliphatic heterocycles. The van der Waals surface area contributed by atoms with Gasteiger partial charge in [0, 0.05) is 16.2 Å². The second-order valence-electron chi connectivity index (χ2n) is 4.77. The molecule has 0 aromatic heterocycles. The van der Waals surface area contributed by atoms with Crippen molar-refractivity contribution in [2.75, 3.05) is 13.1 Å². The van der Waals surface area contributed by atoms with Gasteiger partial charge in [0.1, 0.15) is 0 Å². The molecule has 0 aliphatic carbocycles. The average molecular weight is 395 g/mol. The number of rotatable bonds is 4. The van der Waals surface area contributed by atoms with E-state index in [1.165, 1.54) is 12.8 Å². The van der Waals surface area contributed by atoms with Gasteiger partial charge in [0.05, 0.1) is 5.56 Å². The molecule has 1 heterocycles. The predicted molar refractivity (Wildman–Crippen MR) is 89.1 cm³/mol. The molecular formula is C14H20ClIN2O. The number of nitrogens with one attached hydrogen (secondary N) is 2. The lowest BCUT2D eigenvalue weighted by molar-refractivity contribution is 0.0951. The van der Waals surface area contributed by atoms with Crippen molar-refractivity contribution in [3.63, 3.8) is 0 Å². The molecule has 1 amide bonds. The van der Waals surface area contributed by atoms with Crippen LogP contribution in [0.25, 0.3) is 0 Å². The van der Waals surface area contributed by atoms with Crippen molar-refractivity contribution < 1.29 is 4.79 Å². The van der Waals surface area contributed by atoms with Gasteiger partial charge in [-0.05, 0) is 67.0 Å². The van der Waals surface area contributed by atoms with Crippen molar-refractivity contribution in [3.8, 4) is 0 Å². The number of hydrogen-bond donors (Lipinski definition) is 2. The summed E-state index contributed by atoms with van der Waals surface area (Å²) in [5.41, 5.74) is 1.94. The summed E-state index contributed by atoms with van der Waals surface area (Å²) >= 11 is 2.24. The maximum atomic E-state index is 12.1. The molecule has 0 bridgehead atoms. The first-order chi connectivity index (χ1) is 8.68. The fourth-order valence-corrected chi connectivity index (χ4v) is 2.89. The maximum Gasteiger partial charge on any atom is 0.252 e. The highest BCUT2D eigenvalue weighted by Crippen LogP contribution is 2.16. The number of hydrogen-bond acceptors (Lipinski definition) is 2. The van der Waals surface area contributed by atoms with Crippen LogP contribution in [0.2, 0.25) is 0 Å². The highest BCUT2D eigenvalue weighted by molar-refractivity contribution is 14.1. The Morgan fingerprint density at radius 3 is 3.00 bits per heavy atom. The van der Waals surface area contributed by atoms with Crippen LogP contribution in [0.1, 0.15) is 35.2 Å². The lowest BCUT2D eigenvalue weighted by Crippen LogP contribution is -2.31. The Kier molecular flexibility index (Phi) is 7.10. The number of benzene rings is 1. The van der Waals surface area contributed by atoms with Gasteiger partial charge in [0.15, 0.2) is 0 Å². The zero-order chi connectivity index (χ0) is 13.0. The van der Waals surface area contributed by atoms with Gasteiger partial charge in [-0.25, -0.2) is 0 Å². The van der Waals surface area contributed by atoms with E-state index in [1.807, 2.05) is 25.1 Å². The summed E-state index contributed by atoms with van der Waals surface area (Å²) in [6, 6.07) is 6.44. The molecule has 5 heteroatoms. The molecule has 1 aromatic rings. The van der Waals surface area contributed by atoms with Crippen LogP contribution >= 0.6 is 35.0 Å². The molecule has 1 atom stereocenters. The molecule has 19 heavy (non-hydrogen) atoms. The monoisotopic (exact) mass is 394 g/mol. The Morgan fingerprint density at radius 2 is 2.32 bits per heavy atom. The van der Waals surface area contributed by atoms with Crippen molar-refractivity contribution in [3.05, 3.63) is 32.9 Å². The molecule has 3 nitrogen and oxygen atoms in total. The van der Waals surface area contributed by atoms with E-state index >= 15 is 0 Å². The lowest BCUT2D eigenvalue weighted by Gasteiger charge is -2.12. The minimum absolute atomic E-state index is 0. The number of aryl methyl sites for hydroxylation is 1. The van der Waals surface area contributed by atoms with Crippen molar-refractivity contribution in [2.45, 2.75) is 32.2 Å². The molecule has 1 fully saturated rings. The molecule has 0 radical (unpaired) electrons. The third-order valence-corrected chi connectivity index (χ3v) is 4.81. The predicted octanol–water partition coefficient (Wildman–Crippen LogP) is 2.89. The molecule has 2 N–H and O–H groups in total. The van der Waals surface area contributed by atoms with Crippen LogP contribution in [-0.4, -0.2) is 25.0 Å². The third kappa shape index (κ3) is 4.61. The van der Waals surface area contributed by atoms with Gasteiger partial charge in [-0.1, -0.05) is 12.1 Å². The molecule has 0 spiro atoms. The second kappa shape index (κ2) is 8.07. The standard InChI is InChI=1S/C14H19IN2O.ClH/c1-10-4-2-6-12(13(10)15)14(18)17-9-7-11-5-3-8-16-11;/h2,4,6,11,16H,3,5,7-9H2,1H3,(H,17,18);1H/t11-;/m1./s1. The van der Waals surface area contributed by atoms with Crippen molar-refractivity contribution >= 4 is 40.9 Å². The van der Waals surface area contributed by atoms with Crippen LogP contribution < -0.4 is 10.6 Å². The average Bonchev–Trinajstić information content (AvgIpc) is 2.85. The van der Waals surface area contributed by atoms with E-state index in [2.05, 4.69) is 33.2 Å². The van der Waals surface area contributed by atoms with Crippen LogP contribution in [0, 0.1) is 10.5 Å². The van der Waals surface area contributed by atoms with Gasteiger partial charge in [-0.15, -0.1) is 12.4 Å². The van der Waals surface area contributed by atoms with Crippen molar-refractivity contribution in [2.24, 2.45) is 0 Å². The Morgan fingerprint density at radius 1 is 1.53 bits per heavy atom. The summed E-state index contributed by atoms with van der Waals surface area (Å²) in [5.74, 6) is 0.0427. The normalized spacial score (nSPS) is 17.9. The van der Waals surface area contributed by atoms with E-state index in [4.69, 9.17) is 0 Å². The minimum Gasteiger partial charge on any atom is -0.352 e. The summed E-state index contributed by atoms with van der Waals surface area (Å²) in [6.07, 6.45) is 3.51. The van der Waals surface area contributed by atoms with E-state index in [0.29, 0.717) is 6.04 Å². The molecule has 106 valence electrons. The van der Waals surface area contributed by atoms with Crippen LogP contribution in [0.15, 0.2) is 18.2 Å². The quantitative estimate of drug-likeness (QED) is 0.771. The highest BCUT2D eigenvalue weighted by atomic mass is 127. The van der Waals surface area contributed by atoms with Crippen molar-refractivity contribution in [1.29, 1.82) is 0 Å². The molecule has 1 aliphatic rings. The molecule has 1 saturated heterocycles. The van der Waals surface area contributed by atoms with Crippen LogP contribution in [0.5, 0.6) is 0 Å². The molecule has 2 rings (SSSR count). The lowest BCUT2D eigenvalue weighted by atomic mass is 10.1. The van der Waals surface area contributed by atoms with Gasteiger partial charge in [-0.3, -0.25) is 4.79 Å². The van der Waals surface area contributed by atoms with Crippen molar-refractivity contribution in [1.82, 2.24) is 10.6 Å². The van der Waals surface area contributed by atoms with E-state index in [0.717, 1.165) is 34.2 Å². The zero-order valence-corrected chi connectivity index (χ0v) is 14.0. The van der Waals surface area contributed by atoms with Crippen LogP contribution in [0.4, 0.5) is 0 Å². The van der Waals surface area contributed by atoms with Gasteiger partial charge in [0.25, 0.3) is 5.91 Å². The number of amides is 1. The summed E-state index contributed by atoms with van der Waals surface area (Å²) in [6.45, 7) is 3.90. The number of carbonyl (C=O) groups excluding carboxylic acids is 1. The first-order valence-corrected chi connectivity index (χ1v) is 7.53. The van der Waals surface area contributed by atoms with E-state index in [9.17, 15) is 4.79 Å². The van der Waals surface area contributed by atoms with Gasteiger partial charge < -0.3 is 10.6 Å². The maximum absolute atomic E-state index is 12.1. The van der Waals surface area contributed by atoms with Gasteiger partial charge >= 0.3 is 0 Å². The minimum atomic E-state index is 0. The zero-order valence-electron chi connectivity index (χ0n) is 11.0. The third-order valence-electron chi connectivity index (χ3n) is 3.38. The van der Waals surface area contributed by atoms with Crippen LogP contribution in [0.3, 0.4) is 0 Å². The second-order valence-corrected chi connectivity index (χ2v) is 5.85. The number of carbonyl (C=O) groups is 1. The Bertz CT molecular complexity index is 433. The summed E-state index contributed by atoms with van der Waals surface area (Å²) in [5, 5.41) is 6.45. The summed E-state index contributed by atoms with van der Waals surface area (Å²) in [7, 11) is 0. The molecular weight excluding hydrogens is 375 g/mol. The molecule has 0 unspecified atom stereocenters. The van der Waals surface area contributed by atoms with E-state index < -0.39 is 0 Å². The highest BCUT2D eigenvalue weighted by Gasteiger charge is 2.15. The summed E-state index contributed by atoms with van der Waals surface area (Å²) in [4.78, 5) is 12.1. The van der Waals surface area contributed by atoms with Gasteiger partial charge in [0.2, 0.25) is 0 Å². The van der Waals surface area contributed by atoms with Gasteiger partial charge in [-0.2, -0.15) is 0 Å². The van der Waals surface area contributed by atoms with E-state index in [-0.39, 0.29) is 18.3 Å². The summed E-state index contributed by atoms with van der Waals surface area (Å²) < 4.78 is 1.05.